The standard InChI is InChI=1S/C19H17F3N4O/c1-2-7-16-17(18(27)26(25-16)15-10-4-3-5-11-15)24-23-14-9-6-8-13(12-14)19(20,21)22/h3-6,8-12,25H,2,7H2,1H3. The lowest BCUT2D eigenvalue weighted by Crippen LogP contribution is -2.13. The first-order chi connectivity index (χ1) is 12.9. The Bertz CT molecular complexity index is 1000. The Morgan fingerprint density at radius 1 is 1.04 bits per heavy atom. The fraction of sp³-hybridized carbons (Fsp3) is 0.211. The van der Waals surface area contributed by atoms with E-state index in [9.17, 15) is 18.0 Å². The third-order valence-electron chi connectivity index (χ3n) is 3.89. The van der Waals surface area contributed by atoms with Gasteiger partial charge in [-0.2, -0.15) is 18.3 Å². The summed E-state index contributed by atoms with van der Waals surface area (Å²) in [6, 6.07) is 13.5. The Balaban J connectivity index is 2.00. The molecule has 0 bridgehead atoms. The van der Waals surface area contributed by atoms with Crippen molar-refractivity contribution < 1.29 is 13.2 Å². The first-order valence-electron chi connectivity index (χ1n) is 8.38. The number of nitrogens with zero attached hydrogens (tertiary/aromatic N) is 3. The van der Waals surface area contributed by atoms with Crippen molar-refractivity contribution in [1.29, 1.82) is 0 Å². The molecule has 8 heteroatoms. The molecular formula is C19H17F3N4O. The molecule has 0 aliphatic heterocycles. The molecule has 0 aliphatic carbocycles. The number of aromatic nitrogens is 2. The molecule has 2 aromatic carbocycles. The molecule has 0 saturated heterocycles. The summed E-state index contributed by atoms with van der Waals surface area (Å²) in [5, 5.41) is 10.8. The van der Waals surface area contributed by atoms with Gasteiger partial charge >= 0.3 is 6.18 Å². The molecule has 140 valence electrons. The number of halogens is 3. The van der Waals surface area contributed by atoms with Crippen LogP contribution in [-0.2, 0) is 12.6 Å². The van der Waals surface area contributed by atoms with E-state index in [4.69, 9.17) is 0 Å². The highest BCUT2D eigenvalue weighted by Gasteiger charge is 2.30. The van der Waals surface area contributed by atoms with Crippen molar-refractivity contribution in [3.05, 3.63) is 76.2 Å². The molecule has 0 unspecified atom stereocenters. The highest BCUT2D eigenvalue weighted by molar-refractivity contribution is 5.46. The topological polar surface area (TPSA) is 62.5 Å². The van der Waals surface area contributed by atoms with Crippen LogP contribution in [0, 0.1) is 0 Å². The lowest BCUT2D eigenvalue weighted by molar-refractivity contribution is -0.137. The Labute approximate surface area is 153 Å². The molecule has 0 saturated carbocycles. The third-order valence-corrected chi connectivity index (χ3v) is 3.89. The maximum absolute atomic E-state index is 12.8. The van der Waals surface area contributed by atoms with Crippen LogP contribution in [0.5, 0.6) is 0 Å². The van der Waals surface area contributed by atoms with E-state index in [1.165, 1.54) is 16.8 Å². The zero-order valence-electron chi connectivity index (χ0n) is 14.5. The van der Waals surface area contributed by atoms with Gasteiger partial charge in [-0.15, -0.1) is 5.11 Å². The number of azo groups is 1. The number of H-pyrrole nitrogens is 1. The minimum atomic E-state index is -4.47. The van der Waals surface area contributed by atoms with Crippen LogP contribution in [0.4, 0.5) is 24.5 Å². The summed E-state index contributed by atoms with van der Waals surface area (Å²) >= 11 is 0. The van der Waals surface area contributed by atoms with Crippen molar-refractivity contribution in [2.24, 2.45) is 10.2 Å². The number of rotatable bonds is 5. The SMILES string of the molecule is CCCc1[nH]n(-c2ccccc2)c(=O)c1N=Nc1cccc(C(F)(F)F)c1. The zero-order chi connectivity index (χ0) is 19.4. The van der Waals surface area contributed by atoms with Crippen molar-refractivity contribution in [2.45, 2.75) is 25.9 Å². The molecular weight excluding hydrogens is 357 g/mol. The van der Waals surface area contributed by atoms with Crippen LogP contribution in [0.1, 0.15) is 24.6 Å². The fourth-order valence-electron chi connectivity index (χ4n) is 2.61. The number of benzene rings is 2. The Morgan fingerprint density at radius 3 is 2.44 bits per heavy atom. The minimum absolute atomic E-state index is 0.0270. The summed E-state index contributed by atoms with van der Waals surface area (Å²) in [5.74, 6) is 0. The van der Waals surface area contributed by atoms with E-state index in [0.717, 1.165) is 18.6 Å². The molecule has 3 rings (SSSR count). The van der Waals surface area contributed by atoms with Crippen LogP contribution in [-0.4, -0.2) is 9.78 Å². The largest absolute Gasteiger partial charge is 0.416 e. The van der Waals surface area contributed by atoms with E-state index in [0.29, 0.717) is 17.8 Å². The van der Waals surface area contributed by atoms with E-state index < -0.39 is 17.3 Å². The number of nitrogens with one attached hydrogen (secondary N) is 1. The summed E-state index contributed by atoms with van der Waals surface area (Å²) < 4.78 is 39.8. The van der Waals surface area contributed by atoms with E-state index in [1.54, 1.807) is 24.3 Å². The normalized spacial score (nSPS) is 12.0. The smallest absolute Gasteiger partial charge is 0.293 e. The van der Waals surface area contributed by atoms with E-state index in [1.807, 2.05) is 13.0 Å². The summed E-state index contributed by atoms with van der Waals surface area (Å²) in [6.07, 6.45) is -3.14. The molecule has 5 nitrogen and oxygen atoms in total. The number of aromatic amines is 1. The minimum Gasteiger partial charge on any atom is -0.293 e. The summed E-state index contributed by atoms with van der Waals surface area (Å²) in [7, 11) is 0. The number of hydrogen-bond donors (Lipinski definition) is 1. The van der Waals surface area contributed by atoms with Crippen molar-refractivity contribution in [2.75, 3.05) is 0 Å². The van der Waals surface area contributed by atoms with Gasteiger partial charge in [0.15, 0.2) is 5.69 Å². The van der Waals surface area contributed by atoms with Crippen LogP contribution in [0.2, 0.25) is 0 Å². The average Bonchev–Trinajstić information content (AvgIpc) is 2.96. The van der Waals surface area contributed by atoms with Gasteiger partial charge in [-0.25, -0.2) is 4.68 Å². The van der Waals surface area contributed by atoms with Gasteiger partial charge in [0.1, 0.15) is 0 Å². The Hall–Kier alpha value is -3.16. The molecule has 27 heavy (non-hydrogen) atoms. The third kappa shape index (κ3) is 4.16. The molecule has 0 fully saturated rings. The summed E-state index contributed by atoms with van der Waals surface area (Å²) in [6.45, 7) is 1.95. The van der Waals surface area contributed by atoms with Crippen LogP contribution < -0.4 is 5.56 Å². The van der Waals surface area contributed by atoms with Crippen molar-refractivity contribution >= 4 is 11.4 Å². The molecule has 1 heterocycles. The maximum atomic E-state index is 12.8. The van der Waals surface area contributed by atoms with Gasteiger partial charge in [-0.3, -0.25) is 9.89 Å². The van der Waals surface area contributed by atoms with Crippen molar-refractivity contribution in [3.63, 3.8) is 0 Å². The highest BCUT2D eigenvalue weighted by Crippen LogP contribution is 2.31. The van der Waals surface area contributed by atoms with E-state index in [2.05, 4.69) is 15.3 Å². The van der Waals surface area contributed by atoms with Gasteiger partial charge < -0.3 is 0 Å². The quantitative estimate of drug-likeness (QED) is 0.585. The Morgan fingerprint density at radius 2 is 1.78 bits per heavy atom. The first-order valence-corrected chi connectivity index (χ1v) is 8.38. The molecule has 0 radical (unpaired) electrons. The van der Waals surface area contributed by atoms with Crippen molar-refractivity contribution in [3.8, 4) is 5.69 Å². The first kappa shape index (κ1) is 18.6. The van der Waals surface area contributed by atoms with Crippen LogP contribution >= 0.6 is 0 Å². The van der Waals surface area contributed by atoms with Gasteiger partial charge in [0.05, 0.1) is 22.6 Å². The number of alkyl halides is 3. The maximum Gasteiger partial charge on any atom is 0.416 e. The lowest BCUT2D eigenvalue weighted by Gasteiger charge is -2.05. The molecule has 0 amide bonds. The zero-order valence-corrected chi connectivity index (χ0v) is 14.5. The van der Waals surface area contributed by atoms with Crippen LogP contribution in [0.25, 0.3) is 5.69 Å². The molecule has 0 spiro atoms. The predicted octanol–water partition coefficient (Wildman–Crippen LogP) is 5.55. The second kappa shape index (κ2) is 7.61. The van der Waals surface area contributed by atoms with E-state index >= 15 is 0 Å². The second-order valence-corrected chi connectivity index (χ2v) is 5.91. The van der Waals surface area contributed by atoms with Gasteiger partial charge in [0.2, 0.25) is 0 Å². The molecule has 1 N–H and O–H groups in total. The second-order valence-electron chi connectivity index (χ2n) is 5.91. The number of aryl methyl sites for hydroxylation is 1. The van der Waals surface area contributed by atoms with Gasteiger partial charge in [0, 0.05) is 0 Å². The molecule has 1 aromatic heterocycles. The number of para-hydroxylation sites is 1. The number of hydrogen-bond acceptors (Lipinski definition) is 3. The monoisotopic (exact) mass is 374 g/mol. The lowest BCUT2D eigenvalue weighted by atomic mass is 10.2. The van der Waals surface area contributed by atoms with Crippen molar-refractivity contribution in [1.82, 2.24) is 9.78 Å². The predicted molar refractivity (Wildman–Crippen MR) is 96.0 cm³/mol. The van der Waals surface area contributed by atoms with Crippen LogP contribution in [0.3, 0.4) is 0 Å². The molecule has 0 atom stereocenters. The molecule has 3 aromatic rings. The Kier molecular flexibility index (Phi) is 5.25. The fourth-order valence-corrected chi connectivity index (χ4v) is 2.61. The highest BCUT2D eigenvalue weighted by atomic mass is 19.4. The summed E-state index contributed by atoms with van der Waals surface area (Å²) in [4.78, 5) is 12.7. The molecule has 0 aliphatic rings. The van der Waals surface area contributed by atoms with Gasteiger partial charge in [0.25, 0.3) is 5.56 Å². The summed E-state index contributed by atoms with van der Waals surface area (Å²) in [5.41, 5.74) is 0.128. The van der Waals surface area contributed by atoms with E-state index in [-0.39, 0.29) is 11.4 Å². The van der Waals surface area contributed by atoms with Gasteiger partial charge in [-0.1, -0.05) is 37.6 Å². The average molecular weight is 374 g/mol. The van der Waals surface area contributed by atoms with Gasteiger partial charge in [-0.05, 0) is 36.8 Å². The van der Waals surface area contributed by atoms with Crippen LogP contribution in [0.15, 0.2) is 69.6 Å².